The fourth-order valence-corrected chi connectivity index (χ4v) is 6.63. The first-order valence-electron chi connectivity index (χ1n) is 12.7. The molecule has 0 unspecified atom stereocenters. The molecule has 0 saturated carbocycles. The number of carbonyl (C=O) groups excluding carboxylic acids is 5. The Morgan fingerprint density at radius 1 is 1.00 bits per heavy atom. The third-order valence-electron chi connectivity index (χ3n) is 6.72. The van der Waals surface area contributed by atoms with Gasteiger partial charge in [0.05, 0.1) is 6.42 Å². The predicted molar refractivity (Wildman–Crippen MR) is 140 cm³/mol. The van der Waals surface area contributed by atoms with E-state index in [1.54, 1.807) is 40.3 Å². The summed E-state index contributed by atoms with van der Waals surface area (Å²) in [6.07, 6.45) is 2.14. The van der Waals surface area contributed by atoms with Crippen LogP contribution in [0.1, 0.15) is 46.0 Å². The van der Waals surface area contributed by atoms with Gasteiger partial charge in [0.1, 0.15) is 24.2 Å². The van der Waals surface area contributed by atoms with Crippen LogP contribution in [0.5, 0.6) is 0 Å². The van der Waals surface area contributed by atoms with Gasteiger partial charge in [0, 0.05) is 37.7 Å². The van der Waals surface area contributed by atoms with Crippen molar-refractivity contribution < 1.29 is 24.0 Å². The number of hydrogen-bond acceptors (Lipinski definition) is 8. The lowest BCUT2D eigenvalue weighted by Crippen LogP contribution is -2.58. The first-order valence-corrected chi connectivity index (χ1v) is 15.2. The zero-order chi connectivity index (χ0) is 26.2. The van der Waals surface area contributed by atoms with Gasteiger partial charge in [0.25, 0.3) is 0 Å². The fraction of sp³-hybridized carbons (Fsp3) is 0.783. The molecular formula is C23H38N6O5S2. The third-order valence-corrected chi connectivity index (χ3v) is 9.16. The summed E-state index contributed by atoms with van der Waals surface area (Å²) in [4.78, 5) is 69.2. The fourth-order valence-electron chi connectivity index (χ4n) is 4.87. The third kappa shape index (κ3) is 7.06. The van der Waals surface area contributed by atoms with Gasteiger partial charge in [-0.05, 0) is 31.6 Å². The number of nitrogens with zero attached hydrogens (tertiary/aromatic N) is 2. The highest BCUT2D eigenvalue weighted by Gasteiger charge is 2.44. The average Bonchev–Trinajstić information content (AvgIpc) is 3.53. The van der Waals surface area contributed by atoms with Crippen molar-refractivity contribution in [2.45, 2.75) is 70.1 Å². The molecule has 3 rings (SSSR count). The van der Waals surface area contributed by atoms with Crippen molar-refractivity contribution in [1.29, 1.82) is 0 Å². The lowest BCUT2D eigenvalue weighted by Gasteiger charge is -2.31. The van der Waals surface area contributed by atoms with Crippen molar-refractivity contribution in [2.24, 2.45) is 11.7 Å². The Morgan fingerprint density at radius 2 is 1.67 bits per heavy atom. The molecule has 3 heterocycles. The highest BCUT2D eigenvalue weighted by Crippen LogP contribution is 2.26. The van der Waals surface area contributed by atoms with Gasteiger partial charge >= 0.3 is 0 Å². The monoisotopic (exact) mass is 542 g/mol. The van der Waals surface area contributed by atoms with Crippen LogP contribution >= 0.6 is 21.6 Å². The van der Waals surface area contributed by atoms with Crippen LogP contribution in [0.15, 0.2) is 0 Å². The lowest BCUT2D eigenvalue weighted by molar-refractivity contribution is -0.147. The molecule has 5 amide bonds. The van der Waals surface area contributed by atoms with E-state index < -0.39 is 36.0 Å². The lowest BCUT2D eigenvalue weighted by atomic mass is 10.0. The van der Waals surface area contributed by atoms with E-state index in [4.69, 9.17) is 5.73 Å². The van der Waals surface area contributed by atoms with Crippen LogP contribution in [0.25, 0.3) is 0 Å². The summed E-state index contributed by atoms with van der Waals surface area (Å²) in [5.74, 6) is -0.751. The maximum atomic E-state index is 13.4. The summed E-state index contributed by atoms with van der Waals surface area (Å²) in [7, 11) is 3.20. The number of rotatable bonds is 8. The molecule has 0 bridgehead atoms. The van der Waals surface area contributed by atoms with Crippen LogP contribution in [0.4, 0.5) is 0 Å². The molecule has 13 heteroatoms. The van der Waals surface area contributed by atoms with E-state index in [1.807, 2.05) is 0 Å². The Labute approximate surface area is 220 Å². The van der Waals surface area contributed by atoms with E-state index in [0.29, 0.717) is 57.6 Å². The van der Waals surface area contributed by atoms with Crippen LogP contribution in [-0.2, 0) is 24.0 Å². The Kier molecular flexibility index (Phi) is 10.7. The number of carbonyl (C=O) groups is 5. The average molecular weight is 543 g/mol. The minimum Gasteiger partial charge on any atom is -0.353 e. The van der Waals surface area contributed by atoms with Gasteiger partial charge < -0.3 is 31.5 Å². The minimum atomic E-state index is -1.11. The van der Waals surface area contributed by atoms with E-state index in [1.165, 1.54) is 4.90 Å². The zero-order valence-corrected chi connectivity index (χ0v) is 22.6. The summed E-state index contributed by atoms with van der Waals surface area (Å²) >= 11 is 0. The second-order valence-electron chi connectivity index (χ2n) is 9.65. The smallest absolute Gasteiger partial charge is 0.246 e. The van der Waals surface area contributed by atoms with Gasteiger partial charge in [0.2, 0.25) is 29.5 Å². The Morgan fingerprint density at radius 3 is 2.36 bits per heavy atom. The highest BCUT2D eigenvalue weighted by molar-refractivity contribution is 8.76. The van der Waals surface area contributed by atoms with Crippen molar-refractivity contribution in [1.82, 2.24) is 25.8 Å². The maximum absolute atomic E-state index is 13.4. The molecule has 3 fully saturated rings. The molecule has 0 radical (unpaired) electrons. The largest absolute Gasteiger partial charge is 0.353 e. The Balaban J connectivity index is 1.81. The molecule has 0 spiro atoms. The molecule has 202 valence electrons. The second-order valence-corrected chi connectivity index (χ2v) is 12.4. The zero-order valence-electron chi connectivity index (χ0n) is 21.0. The Bertz CT molecular complexity index is 834. The molecule has 4 atom stereocenters. The van der Waals surface area contributed by atoms with E-state index in [2.05, 4.69) is 16.0 Å². The number of hydrogen-bond donors (Lipinski definition) is 4. The van der Waals surface area contributed by atoms with Crippen LogP contribution in [-0.4, -0.2) is 101 Å². The second kappa shape index (κ2) is 13.5. The van der Waals surface area contributed by atoms with E-state index in [0.717, 1.165) is 5.75 Å². The normalized spacial score (nSPS) is 27.6. The number of fused-ring (bicyclic) bond motifs is 2. The number of nitrogens with one attached hydrogen (secondary N) is 3. The molecule has 36 heavy (non-hydrogen) atoms. The van der Waals surface area contributed by atoms with E-state index in [9.17, 15) is 24.0 Å². The molecule has 11 nitrogen and oxygen atoms in total. The molecule has 3 aliphatic heterocycles. The Hall–Kier alpha value is -1.99. The molecule has 3 saturated heterocycles. The highest BCUT2D eigenvalue weighted by atomic mass is 33.1. The molecule has 5 N–H and O–H groups in total. The molecule has 0 aromatic rings. The van der Waals surface area contributed by atoms with Crippen LogP contribution in [0.3, 0.4) is 0 Å². The molecule has 0 aromatic heterocycles. The first kappa shape index (κ1) is 28.6. The van der Waals surface area contributed by atoms with Gasteiger partial charge in [-0.1, -0.05) is 35.4 Å². The van der Waals surface area contributed by atoms with Gasteiger partial charge in [-0.15, -0.1) is 0 Å². The topological polar surface area (TPSA) is 154 Å². The van der Waals surface area contributed by atoms with Crippen LogP contribution < -0.4 is 21.7 Å². The quantitative estimate of drug-likeness (QED) is 0.235. The van der Waals surface area contributed by atoms with Crippen molar-refractivity contribution in [2.75, 3.05) is 37.7 Å². The summed E-state index contributed by atoms with van der Waals surface area (Å²) in [5, 5.41) is 8.31. The SMILES string of the molecule is CC(C)[C@@H]1NC(=O)[C@@H]2CCCN2C(=O)[C@H]2CCCN2C(=O)C[C@@H](C(=O)NCCSSCCN)NC1=O. The molecule has 0 aromatic carbocycles. The van der Waals surface area contributed by atoms with Crippen molar-refractivity contribution in [3.05, 3.63) is 0 Å². The van der Waals surface area contributed by atoms with E-state index in [-0.39, 0.29) is 30.1 Å². The molecular weight excluding hydrogens is 504 g/mol. The summed E-state index contributed by atoms with van der Waals surface area (Å²) < 4.78 is 0. The minimum absolute atomic E-state index is 0.230. The van der Waals surface area contributed by atoms with E-state index >= 15 is 0 Å². The first-order chi connectivity index (χ1) is 17.2. The molecule has 3 aliphatic rings. The van der Waals surface area contributed by atoms with Crippen molar-refractivity contribution in [3.8, 4) is 0 Å². The maximum Gasteiger partial charge on any atom is 0.246 e. The van der Waals surface area contributed by atoms with Crippen LogP contribution in [0.2, 0.25) is 0 Å². The summed E-state index contributed by atoms with van der Waals surface area (Å²) in [5.41, 5.74) is 5.48. The van der Waals surface area contributed by atoms with Crippen molar-refractivity contribution in [3.63, 3.8) is 0 Å². The van der Waals surface area contributed by atoms with Gasteiger partial charge in [-0.25, -0.2) is 0 Å². The predicted octanol–water partition coefficient (Wildman–Crippen LogP) is -0.546. The van der Waals surface area contributed by atoms with Gasteiger partial charge in [0.15, 0.2) is 0 Å². The number of nitrogens with two attached hydrogens (primary N) is 1. The number of amides is 5. The summed E-state index contributed by atoms with van der Waals surface area (Å²) in [6, 6.07) is -3.33. The van der Waals surface area contributed by atoms with Gasteiger partial charge in [-0.3, -0.25) is 24.0 Å². The van der Waals surface area contributed by atoms with Gasteiger partial charge in [-0.2, -0.15) is 0 Å². The standard InChI is InChI=1S/C23H38N6O5S2/c1-14(2)19-22(33)26-15(20(31)25-8-12-36-35-11-7-24)13-18(30)28-9-4-6-17(28)23(34)29-10-3-5-16(29)21(32)27-19/h14-17,19H,3-13,24H2,1-2H3,(H,25,31)(H,26,33)(H,27,32)/t15-,16-,17+,19-/m0/s1. The summed E-state index contributed by atoms with van der Waals surface area (Å²) in [6.45, 7) is 5.39. The van der Waals surface area contributed by atoms with Crippen LogP contribution in [0, 0.1) is 5.92 Å². The van der Waals surface area contributed by atoms with Crippen molar-refractivity contribution >= 4 is 51.1 Å². The molecule has 0 aliphatic carbocycles.